The molecule has 0 spiro atoms. The zero-order valence-corrected chi connectivity index (χ0v) is 21.7. The number of alkyl halides is 3. The summed E-state index contributed by atoms with van der Waals surface area (Å²) in [6, 6.07) is 10.1. The Labute approximate surface area is 207 Å². The van der Waals surface area contributed by atoms with Crippen LogP contribution >= 0.6 is 0 Å². The molecule has 3 nitrogen and oxygen atoms in total. The van der Waals surface area contributed by atoms with E-state index < -0.39 is 6.36 Å². The van der Waals surface area contributed by atoms with Crippen molar-refractivity contribution in [3.05, 3.63) is 71.3 Å². The fourth-order valence-electron chi connectivity index (χ4n) is 3.10. The molecule has 6 heteroatoms. The Morgan fingerprint density at radius 3 is 2.09 bits per heavy atom. The molecular weight excluding hydrogens is 451 g/mol. The van der Waals surface area contributed by atoms with Gasteiger partial charge >= 0.3 is 6.36 Å². The number of carbonyl (C=O) groups is 1. The molecule has 0 aliphatic rings. The van der Waals surface area contributed by atoms with Crippen LogP contribution in [0.1, 0.15) is 70.2 Å². The van der Waals surface area contributed by atoms with Crippen LogP contribution in [0.3, 0.4) is 0 Å². The Morgan fingerprint density at radius 2 is 1.71 bits per heavy atom. The number of nitrogens with zero attached hydrogens (tertiary/aromatic N) is 1. The molecule has 0 saturated carbocycles. The third-order valence-electron chi connectivity index (χ3n) is 4.48. The quantitative estimate of drug-likeness (QED) is 0.382. The van der Waals surface area contributed by atoms with Gasteiger partial charge in [0.15, 0.2) is 5.78 Å². The second-order valence-corrected chi connectivity index (χ2v) is 8.30. The SMILES string of the molecule is C/C=C\c1c(C)c(-c2ccc(OC(F)(F)F)cc2)cc(CC(C)C)c1C#N.C=CC(C)=O.CCC. The summed E-state index contributed by atoms with van der Waals surface area (Å²) >= 11 is 0. The first-order valence-electron chi connectivity index (χ1n) is 11.5. The molecule has 0 N–H and O–H groups in total. The summed E-state index contributed by atoms with van der Waals surface area (Å²) in [5.41, 5.74) is 5.04. The number of halogens is 3. The van der Waals surface area contributed by atoms with Gasteiger partial charge in [0.1, 0.15) is 11.8 Å². The van der Waals surface area contributed by atoms with Gasteiger partial charge < -0.3 is 4.74 Å². The number of nitriles is 1. The highest BCUT2D eigenvalue weighted by Crippen LogP contribution is 2.34. The van der Waals surface area contributed by atoms with E-state index in [0.717, 1.165) is 34.2 Å². The monoisotopic (exact) mass is 487 g/mol. The smallest absolute Gasteiger partial charge is 0.406 e. The van der Waals surface area contributed by atoms with E-state index in [9.17, 15) is 23.2 Å². The molecule has 0 bridgehead atoms. The Balaban J connectivity index is 0.00000126. The van der Waals surface area contributed by atoms with Crippen molar-refractivity contribution in [1.82, 2.24) is 0 Å². The van der Waals surface area contributed by atoms with Crippen molar-refractivity contribution in [2.45, 2.75) is 67.7 Å². The van der Waals surface area contributed by atoms with E-state index in [1.807, 2.05) is 32.1 Å². The van der Waals surface area contributed by atoms with Crippen molar-refractivity contribution in [3.63, 3.8) is 0 Å². The highest BCUT2D eigenvalue weighted by Gasteiger charge is 2.31. The van der Waals surface area contributed by atoms with Crippen LogP contribution < -0.4 is 4.74 Å². The molecule has 0 aliphatic carbocycles. The number of hydrogen-bond acceptors (Lipinski definition) is 3. The van der Waals surface area contributed by atoms with Gasteiger partial charge in [0.05, 0.1) is 5.56 Å². The fourth-order valence-corrected chi connectivity index (χ4v) is 3.10. The van der Waals surface area contributed by atoms with E-state index in [-0.39, 0.29) is 11.5 Å². The maximum absolute atomic E-state index is 12.4. The Bertz CT molecular complexity index is 1030. The average molecular weight is 488 g/mol. The van der Waals surface area contributed by atoms with Crippen molar-refractivity contribution in [1.29, 1.82) is 5.26 Å². The lowest BCUT2D eigenvalue weighted by atomic mass is 9.86. The second kappa shape index (κ2) is 15.5. The van der Waals surface area contributed by atoms with Crippen molar-refractivity contribution in [3.8, 4) is 22.9 Å². The fraction of sp³-hybridized carbons (Fsp3) is 0.379. The molecule has 0 aromatic heterocycles. The molecular formula is C29H36F3NO2. The minimum Gasteiger partial charge on any atom is -0.406 e. The van der Waals surface area contributed by atoms with Gasteiger partial charge in [-0.2, -0.15) is 5.26 Å². The summed E-state index contributed by atoms with van der Waals surface area (Å²) in [4.78, 5) is 9.69. The zero-order chi connectivity index (χ0) is 27.2. The average Bonchev–Trinajstić information content (AvgIpc) is 2.76. The molecule has 0 aliphatic heterocycles. The summed E-state index contributed by atoms with van der Waals surface area (Å²) in [5.74, 6) is 0.132. The van der Waals surface area contributed by atoms with Gasteiger partial charge in [0.25, 0.3) is 0 Å². The highest BCUT2D eigenvalue weighted by atomic mass is 19.4. The summed E-state index contributed by atoms with van der Waals surface area (Å²) < 4.78 is 41.0. The lowest BCUT2D eigenvalue weighted by Gasteiger charge is -2.17. The molecule has 2 aromatic carbocycles. The van der Waals surface area contributed by atoms with Crippen molar-refractivity contribution < 1.29 is 22.7 Å². The molecule has 0 heterocycles. The summed E-state index contributed by atoms with van der Waals surface area (Å²) in [6.45, 7) is 16.9. The van der Waals surface area contributed by atoms with Crippen LogP contribution in [0.4, 0.5) is 13.2 Å². The van der Waals surface area contributed by atoms with Gasteiger partial charge in [-0.05, 0) is 85.2 Å². The van der Waals surface area contributed by atoms with Crippen LogP contribution in [-0.2, 0) is 11.2 Å². The Kier molecular flexibility index (Phi) is 14.1. The van der Waals surface area contributed by atoms with Gasteiger partial charge in [0.2, 0.25) is 0 Å². The van der Waals surface area contributed by atoms with E-state index in [1.165, 1.54) is 31.6 Å². The molecule has 0 atom stereocenters. The molecule has 0 fully saturated rings. The first kappa shape index (κ1) is 31.7. The van der Waals surface area contributed by atoms with Gasteiger partial charge in [-0.1, -0.05) is 65.0 Å². The van der Waals surface area contributed by atoms with Crippen LogP contribution in [-0.4, -0.2) is 12.1 Å². The van der Waals surface area contributed by atoms with Gasteiger partial charge in [0, 0.05) is 0 Å². The number of hydrogen-bond donors (Lipinski definition) is 0. The topological polar surface area (TPSA) is 50.1 Å². The molecule has 35 heavy (non-hydrogen) atoms. The Hall–Kier alpha value is -3.33. The minimum absolute atomic E-state index is 0.0185. The maximum atomic E-state index is 12.4. The predicted octanol–water partition coefficient (Wildman–Crippen LogP) is 8.84. The molecule has 190 valence electrons. The van der Waals surface area contributed by atoms with E-state index in [4.69, 9.17) is 0 Å². The number of ether oxygens (including phenoxy) is 1. The van der Waals surface area contributed by atoms with Gasteiger partial charge in [-0.25, -0.2) is 0 Å². The number of benzene rings is 2. The van der Waals surface area contributed by atoms with E-state index in [0.29, 0.717) is 11.5 Å². The van der Waals surface area contributed by atoms with Crippen LogP contribution in [0, 0.1) is 24.2 Å². The van der Waals surface area contributed by atoms with E-state index in [2.05, 4.69) is 45.1 Å². The van der Waals surface area contributed by atoms with E-state index in [1.54, 1.807) is 12.1 Å². The van der Waals surface area contributed by atoms with Crippen LogP contribution in [0.15, 0.2) is 49.1 Å². The van der Waals surface area contributed by atoms with Crippen LogP contribution in [0.5, 0.6) is 5.75 Å². The summed E-state index contributed by atoms with van der Waals surface area (Å²) in [6.07, 6.45) is 2.35. The number of ketones is 1. The molecule has 0 unspecified atom stereocenters. The van der Waals surface area contributed by atoms with Crippen molar-refractivity contribution in [2.24, 2.45) is 5.92 Å². The molecule has 2 aromatic rings. The lowest BCUT2D eigenvalue weighted by Crippen LogP contribution is -2.16. The first-order valence-corrected chi connectivity index (χ1v) is 11.5. The van der Waals surface area contributed by atoms with Crippen molar-refractivity contribution >= 4 is 11.9 Å². The van der Waals surface area contributed by atoms with Crippen molar-refractivity contribution in [2.75, 3.05) is 0 Å². The maximum Gasteiger partial charge on any atom is 0.573 e. The number of carbonyl (C=O) groups excluding carboxylic acids is 1. The lowest BCUT2D eigenvalue weighted by molar-refractivity contribution is -0.274. The molecule has 2 rings (SSSR count). The predicted molar refractivity (Wildman–Crippen MR) is 138 cm³/mol. The van der Waals surface area contributed by atoms with Gasteiger partial charge in [-0.15, -0.1) is 13.2 Å². The number of rotatable bonds is 6. The molecule has 0 radical (unpaired) electrons. The van der Waals surface area contributed by atoms with Crippen LogP contribution in [0.25, 0.3) is 17.2 Å². The standard InChI is InChI=1S/C22H22F3NO.C4H6O.C3H8/c1-5-6-19-15(4)20(12-17(11-14(2)3)21(19)13-26)16-7-9-18(10-8-16)27-22(23,24)25;1-3-4(2)5;1-3-2/h5-10,12,14H,11H2,1-4H3;3H,1H2,2H3;3H2,1-2H3/b6-5-;;. The third kappa shape index (κ3) is 11.6. The molecule has 0 amide bonds. The largest absolute Gasteiger partial charge is 0.573 e. The second-order valence-electron chi connectivity index (χ2n) is 8.30. The van der Waals surface area contributed by atoms with Crippen LogP contribution in [0.2, 0.25) is 0 Å². The van der Waals surface area contributed by atoms with E-state index >= 15 is 0 Å². The summed E-state index contributed by atoms with van der Waals surface area (Å²) in [5, 5.41) is 9.66. The minimum atomic E-state index is -4.71. The third-order valence-corrected chi connectivity index (χ3v) is 4.48. The highest BCUT2D eigenvalue weighted by molar-refractivity contribution is 5.86. The first-order chi connectivity index (χ1) is 16.3. The zero-order valence-electron chi connectivity index (χ0n) is 21.7. The van der Waals surface area contributed by atoms with Gasteiger partial charge in [-0.3, -0.25) is 4.79 Å². The Morgan fingerprint density at radius 1 is 1.20 bits per heavy atom. The molecule has 0 saturated heterocycles. The number of allylic oxidation sites excluding steroid dienone is 2. The summed E-state index contributed by atoms with van der Waals surface area (Å²) in [7, 11) is 0. The normalized spacial score (nSPS) is 10.6.